The van der Waals surface area contributed by atoms with Gasteiger partial charge in [-0.1, -0.05) is 25.3 Å². The zero-order valence-electron chi connectivity index (χ0n) is 9.02. The molecule has 1 aliphatic rings. The van der Waals surface area contributed by atoms with Crippen molar-refractivity contribution < 1.29 is 18.0 Å². The van der Waals surface area contributed by atoms with Crippen LogP contribution in [0.4, 0.5) is 13.2 Å². The molecule has 1 saturated carbocycles. The van der Waals surface area contributed by atoms with E-state index in [4.69, 9.17) is 0 Å². The van der Waals surface area contributed by atoms with E-state index >= 15 is 0 Å². The summed E-state index contributed by atoms with van der Waals surface area (Å²) >= 11 is 0. The Morgan fingerprint density at radius 3 is 2.31 bits per heavy atom. The number of carbonyl (C=O) groups is 1. The fraction of sp³-hybridized carbons (Fsp3) is 0.727. The topological polar surface area (TPSA) is 29.1 Å². The Bertz CT molecular complexity index is 256. The third-order valence-corrected chi connectivity index (χ3v) is 2.97. The third-order valence-electron chi connectivity index (χ3n) is 2.97. The van der Waals surface area contributed by atoms with E-state index in [0.29, 0.717) is 0 Å². The lowest BCUT2D eigenvalue weighted by Crippen LogP contribution is -2.45. The molecule has 1 atom stereocenters. The van der Waals surface area contributed by atoms with Crippen molar-refractivity contribution in [2.45, 2.75) is 44.3 Å². The molecule has 92 valence electrons. The monoisotopic (exact) mass is 235 g/mol. The maximum atomic E-state index is 12.1. The molecule has 2 nitrogen and oxygen atoms in total. The van der Waals surface area contributed by atoms with Gasteiger partial charge in [-0.05, 0) is 18.8 Å². The van der Waals surface area contributed by atoms with Gasteiger partial charge < -0.3 is 5.32 Å². The first-order valence-electron chi connectivity index (χ1n) is 5.45. The summed E-state index contributed by atoms with van der Waals surface area (Å²) in [6.07, 6.45) is 1.45. The summed E-state index contributed by atoms with van der Waals surface area (Å²) in [6, 6.07) is -0.561. The van der Waals surface area contributed by atoms with Crippen molar-refractivity contribution in [2.75, 3.05) is 0 Å². The predicted octanol–water partition coefficient (Wildman–Crippen LogP) is 2.80. The average Bonchev–Trinajstić information content (AvgIpc) is 2.25. The molecule has 1 amide bonds. The predicted molar refractivity (Wildman–Crippen MR) is 54.8 cm³/mol. The van der Waals surface area contributed by atoms with Crippen molar-refractivity contribution in [1.29, 1.82) is 0 Å². The molecule has 0 bridgehead atoms. The lowest BCUT2D eigenvalue weighted by atomic mass is 9.84. The minimum Gasteiger partial charge on any atom is -0.342 e. The van der Waals surface area contributed by atoms with E-state index in [2.05, 4.69) is 6.58 Å². The van der Waals surface area contributed by atoms with E-state index in [9.17, 15) is 18.0 Å². The summed E-state index contributed by atoms with van der Waals surface area (Å²) in [5.41, 5.74) is 0. The number of rotatable bonds is 3. The van der Waals surface area contributed by atoms with Crippen LogP contribution < -0.4 is 5.32 Å². The van der Waals surface area contributed by atoms with E-state index in [0.717, 1.165) is 32.1 Å². The van der Waals surface area contributed by atoms with E-state index in [1.54, 1.807) is 0 Å². The standard InChI is InChI=1S/C11H16F3NO/c1-2-9(8-6-4-3-5-7-8)15-10(16)11(12,13)14/h2,8-9H,1,3-7H2,(H,15,16)/t9-/m0/s1. The number of amides is 1. The molecule has 1 rings (SSSR count). The van der Waals surface area contributed by atoms with Crippen molar-refractivity contribution in [2.24, 2.45) is 5.92 Å². The van der Waals surface area contributed by atoms with Crippen molar-refractivity contribution in [3.63, 3.8) is 0 Å². The zero-order valence-corrected chi connectivity index (χ0v) is 9.02. The molecule has 5 heteroatoms. The van der Waals surface area contributed by atoms with Crippen LogP contribution in [0.25, 0.3) is 0 Å². The summed E-state index contributed by atoms with van der Waals surface area (Å²) in [7, 11) is 0. The van der Waals surface area contributed by atoms with Crippen LogP contribution in [0.5, 0.6) is 0 Å². The SMILES string of the molecule is C=C[C@H](NC(=O)C(F)(F)F)C1CCCCC1. The molecule has 1 aliphatic carbocycles. The minimum absolute atomic E-state index is 0.0950. The molecule has 0 saturated heterocycles. The summed E-state index contributed by atoms with van der Waals surface area (Å²) in [5, 5.41) is 1.99. The van der Waals surface area contributed by atoms with Crippen LogP contribution in [0, 0.1) is 5.92 Å². The van der Waals surface area contributed by atoms with Crippen LogP contribution in [0.2, 0.25) is 0 Å². The summed E-state index contributed by atoms with van der Waals surface area (Å²) < 4.78 is 36.2. The number of carbonyl (C=O) groups excluding carboxylic acids is 1. The first-order chi connectivity index (χ1) is 7.45. The molecule has 16 heavy (non-hydrogen) atoms. The lowest BCUT2D eigenvalue weighted by molar-refractivity contribution is -0.174. The Balaban J connectivity index is 2.54. The third kappa shape index (κ3) is 3.54. The molecule has 0 radical (unpaired) electrons. The van der Waals surface area contributed by atoms with Gasteiger partial charge in [0.05, 0.1) is 0 Å². The summed E-state index contributed by atoms with van der Waals surface area (Å²) in [6.45, 7) is 3.49. The Morgan fingerprint density at radius 2 is 1.88 bits per heavy atom. The van der Waals surface area contributed by atoms with Gasteiger partial charge in [0.15, 0.2) is 0 Å². The van der Waals surface area contributed by atoms with Gasteiger partial charge in [0.1, 0.15) is 0 Å². The van der Waals surface area contributed by atoms with E-state index in [1.165, 1.54) is 6.08 Å². The molecular formula is C11H16F3NO. The normalized spacial score (nSPS) is 20.2. The van der Waals surface area contributed by atoms with Gasteiger partial charge in [-0.2, -0.15) is 13.2 Å². The Labute approximate surface area is 92.9 Å². The molecular weight excluding hydrogens is 219 g/mol. The van der Waals surface area contributed by atoms with E-state index in [1.807, 2.05) is 5.32 Å². The molecule has 1 N–H and O–H groups in total. The Hall–Kier alpha value is -1.00. The maximum absolute atomic E-state index is 12.1. The van der Waals surface area contributed by atoms with Gasteiger partial charge in [0.2, 0.25) is 0 Å². The van der Waals surface area contributed by atoms with Gasteiger partial charge in [0.25, 0.3) is 0 Å². The van der Waals surface area contributed by atoms with Crippen LogP contribution in [0.1, 0.15) is 32.1 Å². The lowest BCUT2D eigenvalue weighted by Gasteiger charge is -2.28. The number of alkyl halides is 3. The maximum Gasteiger partial charge on any atom is 0.471 e. The molecule has 0 aromatic rings. The highest BCUT2D eigenvalue weighted by atomic mass is 19.4. The van der Waals surface area contributed by atoms with Gasteiger partial charge >= 0.3 is 12.1 Å². The van der Waals surface area contributed by atoms with Crippen molar-refractivity contribution >= 4 is 5.91 Å². The molecule has 0 aliphatic heterocycles. The fourth-order valence-electron chi connectivity index (χ4n) is 2.10. The highest BCUT2D eigenvalue weighted by Crippen LogP contribution is 2.27. The van der Waals surface area contributed by atoms with Crippen LogP contribution in [0.15, 0.2) is 12.7 Å². The number of halogens is 3. The second-order valence-corrected chi connectivity index (χ2v) is 4.13. The molecule has 0 unspecified atom stereocenters. The van der Waals surface area contributed by atoms with Crippen molar-refractivity contribution in [3.8, 4) is 0 Å². The van der Waals surface area contributed by atoms with Crippen molar-refractivity contribution in [3.05, 3.63) is 12.7 Å². The summed E-state index contributed by atoms with van der Waals surface area (Å²) in [4.78, 5) is 10.8. The Kier molecular flexibility index (Phi) is 4.38. The molecule has 0 heterocycles. The van der Waals surface area contributed by atoms with E-state index < -0.39 is 18.1 Å². The second-order valence-electron chi connectivity index (χ2n) is 4.13. The van der Waals surface area contributed by atoms with Gasteiger partial charge in [0, 0.05) is 6.04 Å². The Morgan fingerprint density at radius 1 is 1.31 bits per heavy atom. The van der Waals surface area contributed by atoms with Crippen molar-refractivity contribution in [1.82, 2.24) is 5.32 Å². The largest absolute Gasteiger partial charge is 0.471 e. The second kappa shape index (κ2) is 5.37. The molecule has 0 aromatic heterocycles. The van der Waals surface area contributed by atoms with Gasteiger partial charge in [-0.3, -0.25) is 4.79 Å². The summed E-state index contributed by atoms with van der Waals surface area (Å²) in [5.74, 6) is -1.78. The fourth-order valence-corrected chi connectivity index (χ4v) is 2.10. The van der Waals surface area contributed by atoms with Crippen LogP contribution in [0.3, 0.4) is 0 Å². The van der Waals surface area contributed by atoms with Crippen LogP contribution in [-0.4, -0.2) is 18.1 Å². The van der Waals surface area contributed by atoms with Crippen LogP contribution >= 0.6 is 0 Å². The highest BCUT2D eigenvalue weighted by Gasteiger charge is 2.40. The van der Waals surface area contributed by atoms with Gasteiger partial charge in [-0.15, -0.1) is 6.58 Å². The first kappa shape index (κ1) is 13.1. The van der Waals surface area contributed by atoms with E-state index in [-0.39, 0.29) is 5.92 Å². The number of hydrogen-bond donors (Lipinski definition) is 1. The average molecular weight is 235 g/mol. The minimum atomic E-state index is -4.81. The molecule has 0 aromatic carbocycles. The van der Waals surface area contributed by atoms with Crippen LogP contribution in [-0.2, 0) is 4.79 Å². The number of hydrogen-bond acceptors (Lipinski definition) is 1. The number of nitrogens with one attached hydrogen (secondary N) is 1. The molecule has 0 spiro atoms. The zero-order chi connectivity index (χ0) is 12.2. The highest BCUT2D eigenvalue weighted by molar-refractivity contribution is 5.82. The van der Waals surface area contributed by atoms with Gasteiger partial charge in [-0.25, -0.2) is 0 Å². The first-order valence-corrected chi connectivity index (χ1v) is 5.45. The quantitative estimate of drug-likeness (QED) is 0.749. The molecule has 1 fully saturated rings. The smallest absolute Gasteiger partial charge is 0.342 e.